The van der Waals surface area contributed by atoms with Crippen LogP contribution >= 0.6 is 0 Å². The summed E-state index contributed by atoms with van der Waals surface area (Å²) in [6, 6.07) is 0. The average Bonchev–Trinajstić information content (AvgIpc) is 2.75. The number of hydrogen-bond acceptors (Lipinski definition) is 3. The van der Waals surface area contributed by atoms with Crippen LogP contribution in [0, 0.1) is 0 Å². The maximum Gasteiger partial charge on any atom is 0.134 e. The van der Waals surface area contributed by atoms with Crippen molar-refractivity contribution in [2.45, 2.75) is 70.1 Å². The molecule has 0 atom stereocenters. The fraction of sp³-hybridized carbons (Fsp3) is 0.750. The molecule has 19 heavy (non-hydrogen) atoms. The minimum absolute atomic E-state index is 0.599. The second kappa shape index (κ2) is 5.89. The lowest BCUT2D eigenvalue weighted by molar-refractivity contribution is 0.550. The Kier molecular flexibility index (Phi) is 4.00. The molecule has 3 nitrogen and oxygen atoms in total. The number of rotatable bonds is 2. The van der Waals surface area contributed by atoms with Gasteiger partial charge >= 0.3 is 0 Å². The summed E-state index contributed by atoms with van der Waals surface area (Å²) in [6.07, 6.45) is 12.9. The van der Waals surface area contributed by atoms with Gasteiger partial charge in [-0.2, -0.15) is 0 Å². The number of anilines is 1. The Balaban J connectivity index is 1.92. The van der Waals surface area contributed by atoms with Crippen molar-refractivity contribution in [2.75, 3.05) is 12.4 Å². The molecular weight excluding hydrogens is 234 g/mol. The van der Waals surface area contributed by atoms with E-state index in [1.165, 1.54) is 62.6 Å². The van der Waals surface area contributed by atoms with Crippen LogP contribution in [0.3, 0.4) is 0 Å². The molecule has 0 aromatic carbocycles. The van der Waals surface area contributed by atoms with Crippen LogP contribution in [0.15, 0.2) is 0 Å². The summed E-state index contributed by atoms with van der Waals surface area (Å²) in [5.41, 5.74) is 2.70. The van der Waals surface area contributed by atoms with Crippen molar-refractivity contribution < 1.29 is 0 Å². The van der Waals surface area contributed by atoms with Gasteiger partial charge in [0.05, 0.1) is 0 Å². The van der Waals surface area contributed by atoms with E-state index in [0.29, 0.717) is 5.92 Å². The molecular formula is C16H25N3. The first-order chi connectivity index (χ1) is 9.38. The summed E-state index contributed by atoms with van der Waals surface area (Å²) in [5, 5.41) is 3.30. The van der Waals surface area contributed by atoms with Gasteiger partial charge in [0.1, 0.15) is 11.6 Å². The Morgan fingerprint density at radius 3 is 2.37 bits per heavy atom. The Hall–Kier alpha value is -1.12. The molecule has 1 aromatic heterocycles. The zero-order valence-electron chi connectivity index (χ0n) is 12.0. The topological polar surface area (TPSA) is 37.8 Å². The third kappa shape index (κ3) is 2.75. The maximum absolute atomic E-state index is 4.94. The highest BCUT2D eigenvalue weighted by molar-refractivity contribution is 5.47. The van der Waals surface area contributed by atoms with Crippen molar-refractivity contribution in [1.29, 1.82) is 0 Å². The molecule has 0 aliphatic heterocycles. The van der Waals surface area contributed by atoms with Crippen molar-refractivity contribution in [2.24, 2.45) is 0 Å². The monoisotopic (exact) mass is 259 g/mol. The van der Waals surface area contributed by atoms with E-state index in [0.717, 1.165) is 24.5 Å². The highest BCUT2D eigenvalue weighted by Crippen LogP contribution is 2.33. The number of aryl methyl sites for hydroxylation is 1. The summed E-state index contributed by atoms with van der Waals surface area (Å²) < 4.78 is 0. The number of hydrogen-bond donors (Lipinski definition) is 1. The molecule has 0 amide bonds. The fourth-order valence-corrected chi connectivity index (χ4v) is 3.54. The molecule has 0 unspecified atom stereocenters. The Labute approximate surface area is 116 Å². The van der Waals surface area contributed by atoms with Crippen LogP contribution in [-0.2, 0) is 12.8 Å². The lowest BCUT2D eigenvalue weighted by Gasteiger charge is -2.21. The maximum atomic E-state index is 4.94. The van der Waals surface area contributed by atoms with Gasteiger partial charge < -0.3 is 5.32 Å². The largest absolute Gasteiger partial charge is 0.373 e. The Morgan fingerprint density at radius 2 is 1.63 bits per heavy atom. The molecule has 1 heterocycles. The van der Waals surface area contributed by atoms with Crippen molar-refractivity contribution in [3.8, 4) is 0 Å². The van der Waals surface area contributed by atoms with Crippen LogP contribution in [0.5, 0.6) is 0 Å². The zero-order chi connectivity index (χ0) is 13.1. The van der Waals surface area contributed by atoms with Crippen molar-refractivity contribution in [1.82, 2.24) is 9.97 Å². The van der Waals surface area contributed by atoms with Gasteiger partial charge in [0.15, 0.2) is 0 Å². The first-order valence-electron chi connectivity index (χ1n) is 7.96. The van der Waals surface area contributed by atoms with E-state index in [1.54, 1.807) is 0 Å². The van der Waals surface area contributed by atoms with E-state index >= 15 is 0 Å². The minimum atomic E-state index is 0.599. The Morgan fingerprint density at radius 1 is 0.895 bits per heavy atom. The third-order valence-corrected chi connectivity index (χ3v) is 4.66. The highest BCUT2D eigenvalue weighted by atomic mass is 15.0. The standard InChI is InChI=1S/C16H25N3/c1-17-16-13-10-6-7-11-14(13)18-15(19-16)12-8-4-2-3-5-9-12/h12H,2-11H2,1H3,(H,17,18,19). The molecule has 2 aliphatic carbocycles. The van der Waals surface area contributed by atoms with E-state index < -0.39 is 0 Å². The van der Waals surface area contributed by atoms with E-state index in [-0.39, 0.29) is 0 Å². The molecule has 3 heteroatoms. The highest BCUT2D eigenvalue weighted by Gasteiger charge is 2.22. The second-order valence-electron chi connectivity index (χ2n) is 6.00. The van der Waals surface area contributed by atoms with Gasteiger partial charge in [0.2, 0.25) is 0 Å². The van der Waals surface area contributed by atoms with Gasteiger partial charge in [-0.05, 0) is 38.5 Å². The molecule has 2 aliphatic rings. The molecule has 1 N–H and O–H groups in total. The number of nitrogens with zero attached hydrogens (tertiary/aromatic N) is 2. The summed E-state index contributed by atoms with van der Waals surface area (Å²) in [7, 11) is 1.99. The normalized spacial score (nSPS) is 20.7. The number of aromatic nitrogens is 2. The van der Waals surface area contributed by atoms with Gasteiger partial charge in [-0.3, -0.25) is 0 Å². The first-order valence-corrected chi connectivity index (χ1v) is 7.96. The lowest BCUT2D eigenvalue weighted by Crippen LogP contribution is -2.15. The van der Waals surface area contributed by atoms with Crippen molar-refractivity contribution in [3.63, 3.8) is 0 Å². The number of fused-ring (bicyclic) bond motifs is 1. The van der Waals surface area contributed by atoms with Gasteiger partial charge in [-0.1, -0.05) is 25.7 Å². The van der Waals surface area contributed by atoms with Crippen LogP contribution in [0.4, 0.5) is 5.82 Å². The van der Waals surface area contributed by atoms with E-state index in [2.05, 4.69) is 5.32 Å². The minimum Gasteiger partial charge on any atom is -0.373 e. The molecule has 0 radical (unpaired) electrons. The third-order valence-electron chi connectivity index (χ3n) is 4.66. The molecule has 1 aromatic rings. The van der Waals surface area contributed by atoms with Crippen molar-refractivity contribution in [3.05, 3.63) is 17.1 Å². The van der Waals surface area contributed by atoms with Gasteiger partial charge in [-0.15, -0.1) is 0 Å². The SMILES string of the molecule is CNc1nc(C2CCCCCC2)nc2c1CCCC2. The molecule has 0 bridgehead atoms. The molecule has 0 saturated heterocycles. The molecule has 1 saturated carbocycles. The summed E-state index contributed by atoms with van der Waals surface area (Å²) >= 11 is 0. The summed E-state index contributed by atoms with van der Waals surface area (Å²) in [6.45, 7) is 0. The van der Waals surface area contributed by atoms with Gasteiger partial charge in [-0.25, -0.2) is 9.97 Å². The van der Waals surface area contributed by atoms with Crippen molar-refractivity contribution >= 4 is 5.82 Å². The van der Waals surface area contributed by atoms with Crippen LogP contribution in [0.1, 0.15) is 74.4 Å². The predicted molar refractivity (Wildman–Crippen MR) is 78.7 cm³/mol. The zero-order valence-corrected chi connectivity index (χ0v) is 12.0. The van der Waals surface area contributed by atoms with Gasteiger partial charge in [0, 0.05) is 24.2 Å². The lowest BCUT2D eigenvalue weighted by atomic mass is 9.94. The average molecular weight is 259 g/mol. The smallest absolute Gasteiger partial charge is 0.134 e. The summed E-state index contributed by atoms with van der Waals surface area (Å²) in [5.74, 6) is 2.82. The molecule has 3 rings (SSSR count). The predicted octanol–water partition coefficient (Wildman–Crippen LogP) is 3.83. The summed E-state index contributed by atoms with van der Waals surface area (Å²) in [4.78, 5) is 9.78. The van der Waals surface area contributed by atoms with Crippen LogP contribution in [0.25, 0.3) is 0 Å². The number of nitrogens with one attached hydrogen (secondary N) is 1. The van der Waals surface area contributed by atoms with E-state index in [4.69, 9.17) is 9.97 Å². The molecule has 1 fully saturated rings. The van der Waals surface area contributed by atoms with Crippen LogP contribution < -0.4 is 5.32 Å². The molecule has 0 spiro atoms. The van der Waals surface area contributed by atoms with E-state index in [9.17, 15) is 0 Å². The second-order valence-corrected chi connectivity index (χ2v) is 6.00. The first kappa shape index (κ1) is 12.9. The van der Waals surface area contributed by atoms with Crippen LogP contribution in [0.2, 0.25) is 0 Å². The van der Waals surface area contributed by atoms with Crippen LogP contribution in [-0.4, -0.2) is 17.0 Å². The fourth-order valence-electron chi connectivity index (χ4n) is 3.54. The Bertz CT molecular complexity index is 417. The van der Waals surface area contributed by atoms with E-state index in [1.807, 2.05) is 7.05 Å². The van der Waals surface area contributed by atoms with Gasteiger partial charge in [0.25, 0.3) is 0 Å². The quantitative estimate of drug-likeness (QED) is 0.820. The molecule has 104 valence electrons.